The van der Waals surface area contributed by atoms with Gasteiger partial charge in [-0.2, -0.15) is 0 Å². The van der Waals surface area contributed by atoms with Crippen molar-refractivity contribution in [1.29, 1.82) is 0 Å². The van der Waals surface area contributed by atoms with Gasteiger partial charge in [0.15, 0.2) is 25.2 Å². The lowest BCUT2D eigenvalue weighted by molar-refractivity contribution is -0.375. The molecule has 0 aromatic rings. The minimum Gasteiger partial charge on any atom is -0.471 e. The van der Waals surface area contributed by atoms with Crippen LogP contribution in [0.2, 0.25) is 0 Å². The normalized spacial score (nSPS) is 47.1. The summed E-state index contributed by atoms with van der Waals surface area (Å²) in [7, 11) is 3.93. The third-order valence-corrected chi connectivity index (χ3v) is 11.3. The molecule has 0 unspecified atom stereocenters. The molecule has 6 aliphatic heterocycles. The molecule has 20 heteroatoms. The smallest absolute Gasteiger partial charge is 0.337 e. The van der Waals surface area contributed by atoms with Crippen LogP contribution in [0.4, 0.5) is 0 Å². The van der Waals surface area contributed by atoms with E-state index in [1.807, 2.05) is 0 Å². The van der Waals surface area contributed by atoms with Crippen LogP contribution in [0.15, 0.2) is 23.7 Å². The highest BCUT2D eigenvalue weighted by Gasteiger charge is 2.55. The summed E-state index contributed by atoms with van der Waals surface area (Å²) in [5, 5.41) is 64.1. The lowest BCUT2D eigenvalue weighted by Gasteiger charge is -2.50. The molecule has 20 nitrogen and oxygen atoms in total. The Balaban J connectivity index is 1.19. The van der Waals surface area contributed by atoms with Crippen molar-refractivity contribution in [2.75, 3.05) is 27.9 Å². The molecule has 0 spiro atoms. The molecule has 6 rings (SSSR count). The van der Waals surface area contributed by atoms with E-state index in [0.29, 0.717) is 0 Å². The molecule has 4 fully saturated rings. The molecule has 0 aliphatic carbocycles. The number of aliphatic hydroxyl groups is 6. The Kier molecular flexibility index (Phi) is 13.4. The van der Waals surface area contributed by atoms with Crippen molar-refractivity contribution in [3.05, 3.63) is 23.7 Å². The minimum atomic E-state index is -1.69. The molecule has 0 aromatic heterocycles. The second-order valence-corrected chi connectivity index (χ2v) is 14.5. The summed E-state index contributed by atoms with van der Waals surface area (Å²) < 4.78 is 68.9. The van der Waals surface area contributed by atoms with E-state index in [1.54, 1.807) is 13.8 Å². The van der Waals surface area contributed by atoms with E-state index >= 15 is 0 Å². The maximum absolute atomic E-state index is 12.9. The van der Waals surface area contributed by atoms with Gasteiger partial charge >= 0.3 is 11.9 Å². The van der Waals surface area contributed by atoms with Crippen molar-refractivity contribution < 1.29 is 97.1 Å². The molecule has 55 heavy (non-hydrogen) atoms. The number of carbonyl (C=O) groups excluding carboxylic acids is 2. The molecule has 4 saturated heterocycles. The van der Waals surface area contributed by atoms with E-state index in [2.05, 4.69) is 0 Å². The van der Waals surface area contributed by atoms with Gasteiger partial charge in [-0.05, 0) is 20.8 Å². The second kappa shape index (κ2) is 17.5. The lowest BCUT2D eigenvalue weighted by atomic mass is 9.76. The van der Waals surface area contributed by atoms with Crippen LogP contribution >= 0.6 is 0 Å². The zero-order chi connectivity index (χ0) is 39.9. The fourth-order valence-electron chi connectivity index (χ4n) is 8.29. The van der Waals surface area contributed by atoms with Gasteiger partial charge < -0.3 is 87.5 Å². The van der Waals surface area contributed by atoms with Gasteiger partial charge in [-0.3, -0.25) is 0 Å². The first-order valence-corrected chi connectivity index (χ1v) is 18.2. The van der Waals surface area contributed by atoms with Crippen LogP contribution < -0.4 is 0 Å². The zero-order valence-electron chi connectivity index (χ0n) is 31.2. The topological polar surface area (TPSA) is 266 Å². The number of hydrogen-bond acceptors (Lipinski definition) is 20. The molecule has 0 bridgehead atoms. The van der Waals surface area contributed by atoms with Crippen molar-refractivity contribution in [2.45, 2.75) is 132 Å². The lowest BCUT2D eigenvalue weighted by Crippen LogP contribution is -2.63. The summed E-state index contributed by atoms with van der Waals surface area (Å²) >= 11 is 0. The summed E-state index contributed by atoms with van der Waals surface area (Å²) in [6, 6.07) is 0. The first-order valence-electron chi connectivity index (χ1n) is 18.2. The molecule has 0 saturated carbocycles. The fourth-order valence-corrected chi connectivity index (χ4v) is 8.29. The van der Waals surface area contributed by atoms with Gasteiger partial charge in [-0.15, -0.1) is 0 Å². The molecule has 0 amide bonds. The molecule has 6 N–H and O–H groups in total. The number of esters is 2. The Morgan fingerprint density at radius 2 is 1.13 bits per heavy atom. The molecular weight excluding hydrogens is 740 g/mol. The van der Waals surface area contributed by atoms with Crippen molar-refractivity contribution in [3.8, 4) is 0 Å². The molecule has 312 valence electrons. The van der Waals surface area contributed by atoms with Gasteiger partial charge in [0.2, 0.25) is 12.6 Å². The van der Waals surface area contributed by atoms with Gasteiger partial charge in [-0.1, -0.05) is 0 Å². The Labute approximate surface area is 316 Å². The monoisotopic (exact) mass is 792 g/mol. The Bertz CT molecular complexity index is 1410. The SMILES string of the molecule is COC(=O)C1=CO[C@@H](O[C@@H]2O[C@H](C)[C@@H](O)[C@H](O)[C@H]2O)[C@@H]2[C@H](C)O[C@@H](O[C@@H]3[C@@H](O)[C@H](O[C@@H]4OC=C(C(=O)OC)[C@H]5C[C@@H](OC)O[C@@H](C)[C@@H]45)O[C@H](CO)[C@H]3O)C[C@H]12. The van der Waals surface area contributed by atoms with Crippen LogP contribution in [0.5, 0.6) is 0 Å². The van der Waals surface area contributed by atoms with Crippen molar-refractivity contribution in [3.63, 3.8) is 0 Å². The van der Waals surface area contributed by atoms with Gasteiger partial charge in [0.1, 0.15) is 42.7 Å². The highest BCUT2D eigenvalue weighted by Crippen LogP contribution is 2.46. The van der Waals surface area contributed by atoms with E-state index < -0.39 is 141 Å². The maximum Gasteiger partial charge on any atom is 0.337 e. The predicted molar refractivity (Wildman–Crippen MR) is 176 cm³/mol. The van der Waals surface area contributed by atoms with Gasteiger partial charge in [0, 0.05) is 31.8 Å². The standard InChI is InChI=1S/C35H52O20/c1-12-22-15(7-20(44-4)49-12)17(30(42)45-5)10-48-33(22)55-35-28(41)29(25(38)19(9-36)52-35)53-21-8-16-18(31(43)46-6)11-47-32(23(16)13(2)50-21)54-34-27(40)26(39)24(37)14(3)51-34/h10-16,19-29,32-41H,7-9H2,1-6H3/t12-,13-,14+,15+,16+,19+,20-,21-,22+,23+,24+,25+,26-,27+,28+,29-,32-,33-,34-,35-/m0/s1. The van der Waals surface area contributed by atoms with Crippen LogP contribution in [0.1, 0.15) is 33.6 Å². The quantitative estimate of drug-likeness (QED) is 0.129. The number of hydrogen-bond donors (Lipinski definition) is 6. The number of rotatable bonds is 10. The number of carbonyl (C=O) groups is 2. The first kappa shape index (κ1) is 42.1. The van der Waals surface area contributed by atoms with Crippen LogP contribution in [0.3, 0.4) is 0 Å². The van der Waals surface area contributed by atoms with Crippen molar-refractivity contribution in [2.24, 2.45) is 23.7 Å². The van der Waals surface area contributed by atoms with Crippen molar-refractivity contribution in [1.82, 2.24) is 0 Å². The van der Waals surface area contributed by atoms with E-state index in [9.17, 15) is 40.2 Å². The second-order valence-electron chi connectivity index (χ2n) is 14.5. The fraction of sp³-hybridized carbons (Fsp3) is 0.829. The molecule has 20 atom stereocenters. The number of ether oxygens (including phenoxy) is 12. The average molecular weight is 793 g/mol. The molecule has 0 radical (unpaired) electrons. The van der Waals surface area contributed by atoms with Crippen molar-refractivity contribution >= 4 is 11.9 Å². The summed E-state index contributed by atoms with van der Waals surface area (Å²) in [6.45, 7) is 4.22. The Morgan fingerprint density at radius 1 is 0.618 bits per heavy atom. The van der Waals surface area contributed by atoms with Gasteiger partial charge in [-0.25, -0.2) is 9.59 Å². The molecular formula is C35H52O20. The molecule has 6 aliphatic rings. The van der Waals surface area contributed by atoms with Crippen LogP contribution in [0, 0.1) is 23.7 Å². The van der Waals surface area contributed by atoms with E-state index in [0.717, 1.165) is 6.26 Å². The highest BCUT2D eigenvalue weighted by molar-refractivity contribution is 5.89. The van der Waals surface area contributed by atoms with Crippen LogP contribution in [-0.4, -0.2) is 169 Å². The van der Waals surface area contributed by atoms with E-state index in [4.69, 9.17) is 56.8 Å². The summed E-state index contributed by atoms with van der Waals surface area (Å²) in [5.74, 6) is -3.88. The summed E-state index contributed by atoms with van der Waals surface area (Å²) in [4.78, 5) is 25.6. The Morgan fingerprint density at radius 3 is 1.64 bits per heavy atom. The zero-order valence-corrected chi connectivity index (χ0v) is 31.2. The summed E-state index contributed by atoms with van der Waals surface area (Å²) in [6.07, 6.45) is -17.4. The predicted octanol–water partition coefficient (Wildman–Crippen LogP) is -2.12. The van der Waals surface area contributed by atoms with E-state index in [1.165, 1.54) is 34.5 Å². The summed E-state index contributed by atoms with van der Waals surface area (Å²) in [5.41, 5.74) is 0.353. The maximum atomic E-state index is 12.9. The number of fused-ring (bicyclic) bond motifs is 2. The highest BCUT2D eigenvalue weighted by atomic mass is 16.8. The third kappa shape index (κ3) is 8.26. The molecule has 0 aromatic carbocycles. The van der Waals surface area contributed by atoms with Gasteiger partial charge in [0.05, 0.1) is 74.6 Å². The number of methoxy groups -OCH3 is 3. The number of aliphatic hydroxyl groups excluding tert-OH is 6. The third-order valence-electron chi connectivity index (χ3n) is 11.3. The van der Waals surface area contributed by atoms with E-state index in [-0.39, 0.29) is 24.0 Å². The minimum absolute atomic E-state index is 0.0524. The van der Waals surface area contributed by atoms with Gasteiger partial charge in [0.25, 0.3) is 0 Å². The Hall–Kier alpha value is -2.54. The largest absolute Gasteiger partial charge is 0.471 e. The van der Waals surface area contributed by atoms with Crippen LogP contribution in [-0.2, 0) is 66.4 Å². The first-order chi connectivity index (χ1) is 26.2. The average Bonchev–Trinajstić information content (AvgIpc) is 3.17. The van der Waals surface area contributed by atoms with Crippen LogP contribution in [0.25, 0.3) is 0 Å². The molecule has 6 heterocycles.